The van der Waals surface area contributed by atoms with E-state index >= 15 is 0 Å². The molecule has 1 aliphatic rings. The Morgan fingerprint density at radius 3 is 2.71 bits per heavy atom. The third-order valence-corrected chi connectivity index (χ3v) is 3.20. The first-order chi connectivity index (χ1) is 7.85. The zero-order valence-electron chi connectivity index (χ0n) is 9.30. The first-order valence-corrected chi connectivity index (χ1v) is 6.22. The van der Waals surface area contributed by atoms with Crippen molar-refractivity contribution in [1.82, 2.24) is 0 Å². The first kappa shape index (κ1) is 11.8. The van der Waals surface area contributed by atoms with Crippen LogP contribution in [0.25, 0.3) is 0 Å². The molecular formula is C9H12N2O5S. The second-order valence-corrected chi connectivity index (χ2v) is 4.71. The van der Waals surface area contributed by atoms with E-state index in [1.54, 1.807) is 13.8 Å². The molecule has 0 spiro atoms. The van der Waals surface area contributed by atoms with Crippen LogP contribution in [0, 0.1) is 6.92 Å². The lowest BCUT2D eigenvalue weighted by Crippen LogP contribution is -2.27. The number of fused-ring (bicyclic) bond motifs is 2. The van der Waals surface area contributed by atoms with E-state index in [1.165, 1.54) is 6.07 Å². The van der Waals surface area contributed by atoms with Crippen LogP contribution in [-0.4, -0.2) is 20.2 Å². The third-order valence-electron chi connectivity index (χ3n) is 2.44. The number of hydroxylamine groups is 1. The lowest BCUT2D eigenvalue weighted by Gasteiger charge is -2.26. The molecule has 0 radical (unpaired) electrons. The Labute approximate surface area is 98.6 Å². The highest BCUT2D eigenvalue weighted by Gasteiger charge is 2.33. The van der Waals surface area contributed by atoms with Crippen LogP contribution in [0.1, 0.15) is 12.5 Å². The molecule has 2 rings (SSSR count). The predicted molar refractivity (Wildman–Crippen MR) is 60.6 cm³/mol. The average Bonchev–Trinajstić information content (AvgIpc) is 2.23. The summed E-state index contributed by atoms with van der Waals surface area (Å²) in [6.07, 6.45) is 0. The minimum absolute atomic E-state index is 0.00407. The third kappa shape index (κ3) is 1.85. The van der Waals surface area contributed by atoms with E-state index in [1.807, 2.05) is 0 Å². The van der Waals surface area contributed by atoms with Crippen molar-refractivity contribution in [2.75, 3.05) is 17.3 Å². The van der Waals surface area contributed by atoms with Gasteiger partial charge >= 0.3 is 10.4 Å². The largest absolute Gasteiger partial charge is 0.501 e. The Bertz CT molecular complexity index is 569. The summed E-state index contributed by atoms with van der Waals surface area (Å²) >= 11 is 0. The summed E-state index contributed by atoms with van der Waals surface area (Å²) in [7, 11) is -4.13. The average molecular weight is 260 g/mol. The Hall–Kier alpha value is -1.67. The number of anilines is 2. The van der Waals surface area contributed by atoms with Crippen LogP contribution >= 0.6 is 0 Å². The van der Waals surface area contributed by atoms with Crippen molar-refractivity contribution in [1.29, 1.82) is 0 Å². The van der Waals surface area contributed by atoms with Gasteiger partial charge in [-0.15, -0.1) is 8.42 Å². The molecule has 0 amide bonds. The molecular weight excluding hydrogens is 248 g/mol. The number of rotatable bonds is 2. The topological polar surface area (TPSA) is 102 Å². The van der Waals surface area contributed by atoms with Gasteiger partial charge in [0.1, 0.15) is 0 Å². The highest BCUT2D eigenvalue weighted by molar-refractivity contribution is 7.82. The fourth-order valence-electron chi connectivity index (χ4n) is 1.54. The maximum atomic E-state index is 11.3. The molecule has 0 saturated carbocycles. The molecule has 0 fully saturated rings. The number of hydrogen-bond donors (Lipinski definition) is 2. The Morgan fingerprint density at radius 1 is 1.47 bits per heavy atom. The molecule has 1 aromatic rings. The summed E-state index contributed by atoms with van der Waals surface area (Å²) in [5, 5.41) is 10.5. The number of hydrogen-bond acceptors (Lipinski definition) is 7. The van der Waals surface area contributed by atoms with Gasteiger partial charge in [-0.05, 0) is 13.8 Å². The zero-order valence-corrected chi connectivity index (χ0v) is 10.1. The van der Waals surface area contributed by atoms with Crippen molar-refractivity contribution in [2.24, 2.45) is 0 Å². The Morgan fingerprint density at radius 2 is 2.12 bits per heavy atom. The maximum absolute atomic E-state index is 11.3. The molecule has 17 heavy (non-hydrogen) atoms. The van der Waals surface area contributed by atoms with Crippen molar-refractivity contribution in [2.45, 2.75) is 13.8 Å². The maximum Gasteiger partial charge on any atom is 0.501 e. The van der Waals surface area contributed by atoms with Gasteiger partial charge in [0.15, 0.2) is 17.2 Å². The van der Waals surface area contributed by atoms with Gasteiger partial charge in [-0.3, -0.25) is 5.21 Å². The van der Waals surface area contributed by atoms with E-state index < -0.39 is 10.4 Å². The monoisotopic (exact) mass is 260 g/mol. The molecule has 0 aliphatic carbocycles. The highest BCUT2D eigenvalue weighted by atomic mass is 32.3. The van der Waals surface area contributed by atoms with Gasteiger partial charge in [0.05, 0.1) is 0 Å². The van der Waals surface area contributed by atoms with Crippen LogP contribution in [0.4, 0.5) is 11.4 Å². The van der Waals surface area contributed by atoms with Gasteiger partial charge in [0, 0.05) is 23.9 Å². The summed E-state index contributed by atoms with van der Waals surface area (Å²) < 4.78 is 31.9. The number of benzene rings is 1. The molecule has 1 aromatic carbocycles. The molecule has 0 atom stereocenters. The highest BCUT2D eigenvalue weighted by Crippen LogP contribution is 2.47. The van der Waals surface area contributed by atoms with Crippen molar-refractivity contribution in [3.63, 3.8) is 0 Å². The van der Waals surface area contributed by atoms with E-state index in [0.717, 1.165) is 5.06 Å². The number of nitrogens with two attached hydrogens (primary N) is 1. The molecule has 2 bridgehead atoms. The summed E-state index contributed by atoms with van der Waals surface area (Å²) in [6, 6.07) is 1.34. The van der Waals surface area contributed by atoms with Crippen LogP contribution in [0.2, 0.25) is 0 Å². The minimum atomic E-state index is -4.13. The molecule has 1 heterocycles. The van der Waals surface area contributed by atoms with Crippen molar-refractivity contribution in [3.8, 4) is 11.5 Å². The van der Waals surface area contributed by atoms with Gasteiger partial charge in [-0.1, -0.05) is 0 Å². The number of nitrogens with zero attached hydrogens (tertiary/aromatic N) is 1. The molecule has 0 unspecified atom stereocenters. The first-order valence-electron chi connectivity index (χ1n) is 4.89. The SMILES string of the molecule is CCN(O)c1c2cc(N)c(C)c1OS(=O)(=O)O2. The lowest BCUT2D eigenvalue weighted by molar-refractivity contribution is 0.251. The summed E-state index contributed by atoms with van der Waals surface area (Å²) in [5.74, 6) is -0.0469. The standard InChI is InChI=1S/C9H12N2O5S/c1-3-11(12)8-7-4-6(10)5(2)9(8)16-17(13,14)15-7/h4,12H,3,10H2,1-2H3. The van der Waals surface area contributed by atoms with Gasteiger partial charge in [-0.2, -0.15) is 0 Å². The van der Waals surface area contributed by atoms with E-state index in [4.69, 9.17) is 9.92 Å². The van der Waals surface area contributed by atoms with Crippen LogP contribution in [0.3, 0.4) is 0 Å². The second-order valence-electron chi connectivity index (χ2n) is 3.56. The minimum Gasteiger partial charge on any atom is -0.398 e. The molecule has 3 N–H and O–H groups in total. The van der Waals surface area contributed by atoms with Gasteiger partial charge in [-0.25, -0.2) is 5.06 Å². The quantitative estimate of drug-likeness (QED) is 0.599. The van der Waals surface area contributed by atoms with Gasteiger partial charge < -0.3 is 14.1 Å². The van der Waals surface area contributed by atoms with Crippen LogP contribution in [-0.2, 0) is 10.4 Å². The zero-order chi connectivity index (χ0) is 12.8. The van der Waals surface area contributed by atoms with E-state index in [-0.39, 0.29) is 23.7 Å². The predicted octanol–water partition coefficient (Wildman–Crippen LogP) is 0.809. The van der Waals surface area contributed by atoms with Crippen molar-refractivity contribution < 1.29 is 22.0 Å². The molecule has 8 heteroatoms. The Balaban J connectivity index is 2.71. The number of nitrogen functional groups attached to an aromatic ring is 1. The molecule has 7 nitrogen and oxygen atoms in total. The fourth-order valence-corrected chi connectivity index (χ4v) is 2.32. The van der Waals surface area contributed by atoms with Crippen LogP contribution < -0.4 is 19.2 Å². The van der Waals surface area contributed by atoms with E-state index in [2.05, 4.69) is 4.18 Å². The van der Waals surface area contributed by atoms with Crippen LogP contribution in [0.5, 0.6) is 11.5 Å². The molecule has 0 aromatic heterocycles. The van der Waals surface area contributed by atoms with E-state index in [9.17, 15) is 13.6 Å². The summed E-state index contributed by atoms with van der Waals surface area (Å²) in [4.78, 5) is 0. The van der Waals surface area contributed by atoms with Gasteiger partial charge in [0.2, 0.25) is 0 Å². The van der Waals surface area contributed by atoms with Crippen molar-refractivity contribution >= 4 is 21.8 Å². The fraction of sp³-hybridized carbons (Fsp3) is 0.333. The van der Waals surface area contributed by atoms with Crippen molar-refractivity contribution in [3.05, 3.63) is 11.6 Å². The smallest absolute Gasteiger partial charge is 0.398 e. The summed E-state index contributed by atoms with van der Waals surface area (Å²) in [5.41, 5.74) is 6.60. The lowest BCUT2D eigenvalue weighted by atomic mass is 10.1. The normalized spacial score (nSPS) is 15.9. The van der Waals surface area contributed by atoms with E-state index in [0.29, 0.717) is 11.3 Å². The second kappa shape index (κ2) is 3.67. The molecule has 0 saturated heterocycles. The molecule has 94 valence electrons. The van der Waals surface area contributed by atoms with Crippen LogP contribution in [0.15, 0.2) is 6.07 Å². The van der Waals surface area contributed by atoms with Gasteiger partial charge in [0.25, 0.3) is 0 Å². The Kier molecular flexibility index (Phi) is 2.55. The summed E-state index contributed by atoms with van der Waals surface area (Å²) in [6.45, 7) is 3.54. The molecule has 1 aliphatic heterocycles.